The quantitative estimate of drug-likeness (QED) is 0.796. The van der Waals surface area contributed by atoms with Crippen molar-refractivity contribution in [3.63, 3.8) is 0 Å². The van der Waals surface area contributed by atoms with E-state index in [1.165, 1.54) is 18.7 Å². The molecule has 1 heterocycles. The van der Waals surface area contributed by atoms with Crippen molar-refractivity contribution in [1.82, 2.24) is 14.4 Å². The number of rotatable bonds is 4. The zero-order valence-corrected chi connectivity index (χ0v) is 15.6. The van der Waals surface area contributed by atoms with Gasteiger partial charge in [-0.05, 0) is 53.6 Å². The Hall–Kier alpha value is 0.540. The summed E-state index contributed by atoms with van der Waals surface area (Å²) in [6.45, 7) is 13.6. The first-order valence-electron chi connectivity index (χ1n) is 7.35. The van der Waals surface area contributed by atoms with Crippen LogP contribution in [0.15, 0.2) is 4.52 Å². The van der Waals surface area contributed by atoms with Crippen LogP contribution in [0.5, 0.6) is 0 Å². The van der Waals surface area contributed by atoms with Crippen LogP contribution in [0.2, 0.25) is 0 Å². The monoisotopic (exact) mass is 306 g/mol. The van der Waals surface area contributed by atoms with Gasteiger partial charge in [0.15, 0.2) is 7.51 Å². The van der Waals surface area contributed by atoms with Crippen LogP contribution in [-0.2, 0) is 0 Å². The van der Waals surface area contributed by atoms with Gasteiger partial charge in [-0.1, -0.05) is 13.8 Å². The molecule has 1 saturated heterocycles. The Morgan fingerprint density at radius 1 is 1.11 bits per heavy atom. The molecule has 4 nitrogen and oxygen atoms in total. The Bertz CT molecular complexity index is 320. The molecule has 19 heavy (non-hydrogen) atoms. The molecule has 1 rings (SSSR count). The van der Waals surface area contributed by atoms with Crippen LogP contribution in [0.25, 0.3) is 0 Å². The fraction of sp³-hybridized carbons (Fsp3) is 1.00. The molecule has 0 saturated carbocycles. The minimum absolute atomic E-state index is 0.0968. The van der Waals surface area contributed by atoms with Crippen molar-refractivity contribution >= 4 is 15.6 Å². The highest BCUT2D eigenvalue weighted by atomic mass is 31.2. The molecule has 114 valence electrons. The Labute approximate surface area is 121 Å². The maximum absolute atomic E-state index is 5.37. The van der Waals surface area contributed by atoms with Gasteiger partial charge >= 0.3 is 0 Å². The summed E-state index contributed by atoms with van der Waals surface area (Å²) in [6, 6.07) is 0. The minimum Gasteiger partial charge on any atom is -0.254 e. The van der Waals surface area contributed by atoms with E-state index in [1.807, 2.05) is 0 Å². The van der Waals surface area contributed by atoms with Gasteiger partial charge in [0.1, 0.15) is 0 Å². The van der Waals surface area contributed by atoms with Gasteiger partial charge in [-0.15, -0.1) is 0 Å². The molecule has 0 aromatic rings. The lowest BCUT2D eigenvalue weighted by Gasteiger charge is -2.48. The minimum atomic E-state index is -1.71. The first kappa shape index (κ1) is 17.6. The molecule has 6 heteroatoms. The third-order valence-corrected chi connectivity index (χ3v) is 10.1. The molecule has 0 atom stereocenters. The SMILES string of the molecule is CCP(CC)N=P1(NC(C)(C)C)N(C)CCCN1C. The number of nitrogens with one attached hydrogen (secondary N) is 1. The van der Waals surface area contributed by atoms with E-state index in [-0.39, 0.29) is 13.6 Å². The molecule has 0 aromatic carbocycles. The molecule has 0 unspecified atom stereocenters. The molecule has 1 N–H and O–H groups in total. The van der Waals surface area contributed by atoms with Gasteiger partial charge in [0.25, 0.3) is 0 Å². The van der Waals surface area contributed by atoms with E-state index in [2.05, 4.69) is 63.1 Å². The van der Waals surface area contributed by atoms with Gasteiger partial charge in [-0.25, -0.2) is 13.9 Å². The fourth-order valence-electron chi connectivity index (χ4n) is 2.37. The zero-order chi connectivity index (χ0) is 14.7. The highest BCUT2D eigenvalue weighted by Crippen LogP contribution is 2.60. The van der Waals surface area contributed by atoms with Crippen molar-refractivity contribution in [3.05, 3.63) is 0 Å². The van der Waals surface area contributed by atoms with Gasteiger partial charge in [0.2, 0.25) is 0 Å². The summed E-state index contributed by atoms with van der Waals surface area (Å²) in [7, 11) is 2.56. The van der Waals surface area contributed by atoms with Gasteiger partial charge in [0.05, 0.1) is 0 Å². The van der Waals surface area contributed by atoms with Gasteiger partial charge < -0.3 is 0 Å². The predicted octanol–water partition coefficient (Wildman–Crippen LogP) is 4.02. The highest BCUT2D eigenvalue weighted by Gasteiger charge is 2.36. The molecular formula is C13H32N4P2. The number of hydrogen-bond donors (Lipinski definition) is 1. The molecule has 0 aliphatic carbocycles. The van der Waals surface area contributed by atoms with E-state index in [1.54, 1.807) is 0 Å². The van der Waals surface area contributed by atoms with E-state index in [0.29, 0.717) is 0 Å². The van der Waals surface area contributed by atoms with E-state index < -0.39 is 7.51 Å². The lowest BCUT2D eigenvalue weighted by Crippen LogP contribution is -2.46. The second-order valence-electron chi connectivity index (χ2n) is 6.27. The van der Waals surface area contributed by atoms with Crippen molar-refractivity contribution in [1.29, 1.82) is 0 Å². The fourth-order valence-corrected chi connectivity index (χ4v) is 9.12. The summed E-state index contributed by atoms with van der Waals surface area (Å²) < 4.78 is 10.3. The average molecular weight is 306 g/mol. The first-order chi connectivity index (χ1) is 8.75. The van der Waals surface area contributed by atoms with Crippen LogP contribution in [0.1, 0.15) is 41.0 Å². The van der Waals surface area contributed by atoms with Crippen molar-refractivity contribution in [3.8, 4) is 0 Å². The van der Waals surface area contributed by atoms with Crippen molar-refractivity contribution in [2.45, 2.75) is 46.6 Å². The smallest absolute Gasteiger partial charge is 0.168 e. The van der Waals surface area contributed by atoms with Crippen LogP contribution in [0, 0.1) is 0 Å². The molecule has 0 bridgehead atoms. The molecule has 1 aliphatic heterocycles. The molecule has 0 radical (unpaired) electrons. The summed E-state index contributed by atoms with van der Waals surface area (Å²) in [5.74, 6) is 0. The van der Waals surface area contributed by atoms with Crippen molar-refractivity contribution in [2.75, 3.05) is 39.5 Å². The lowest BCUT2D eigenvalue weighted by molar-refractivity contribution is 0.351. The van der Waals surface area contributed by atoms with Crippen LogP contribution < -0.4 is 5.09 Å². The first-order valence-corrected chi connectivity index (χ1v) is 10.7. The molecule has 0 spiro atoms. The molecule has 1 fully saturated rings. The predicted molar refractivity (Wildman–Crippen MR) is 90.1 cm³/mol. The second-order valence-corrected chi connectivity index (χ2v) is 12.0. The van der Waals surface area contributed by atoms with Crippen molar-refractivity contribution < 1.29 is 0 Å². The van der Waals surface area contributed by atoms with E-state index in [9.17, 15) is 0 Å². The standard InChI is InChI=1S/C13H32N4P2/c1-8-18(9-2)15-19(14-13(3,4)5)16(6)11-10-12-17(19)7/h14H,8-12H2,1-7H3. The Balaban J connectivity index is 3.22. The second kappa shape index (κ2) is 7.00. The third kappa shape index (κ3) is 4.51. The van der Waals surface area contributed by atoms with Crippen LogP contribution in [-0.4, -0.2) is 54.4 Å². The lowest BCUT2D eigenvalue weighted by atomic mass is 10.1. The topological polar surface area (TPSA) is 30.9 Å². The number of hydrogen-bond acceptors (Lipinski definition) is 1. The van der Waals surface area contributed by atoms with Gasteiger partial charge in [-0.2, -0.15) is 0 Å². The molecular weight excluding hydrogens is 274 g/mol. The summed E-state index contributed by atoms with van der Waals surface area (Å²) in [5.41, 5.74) is 0.0968. The zero-order valence-electron chi connectivity index (χ0n) is 13.8. The third-order valence-electron chi connectivity index (χ3n) is 3.38. The average Bonchev–Trinajstić information content (AvgIpc) is 2.31. The van der Waals surface area contributed by atoms with Crippen molar-refractivity contribution in [2.24, 2.45) is 4.52 Å². The Morgan fingerprint density at radius 2 is 1.58 bits per heavy atom. The Kier molecular flexibility index (Phi) is 6.48. The molecule has 0 aromatic heterocycles. The largest absolute Gasteiger partial charge is 0.254 e. The highest BCUT2D eigenvalue weighted by molar-refractivity contribution is 7.69. The summed E-state index contributed by atoms with van der Waals surface area (Å²) in [6.07, 6.45) is 3.63. The maximum atomic E-state index is 5.37. The van der Waals surface area contributed by atoms with E-state index in [0.717, 1.165) is 13.1 Å². The van der Waals surface area contributed by atoms with Crippen LogP contribution >= 0.6 is 15.6 Å². The summed E-state index contributed by atoms with van der Waals surface area (Å²) >= 11 is 0. The van der Waals surface area contributed by atoms with E-state index >= 15 is 0 Å². The summed E-state index contributed by atoms with van der Waals surface area (Å²) in [4.78, 5) is 0. The van der Waals surface area contributed by atoms with Crippen LogP contribution in [0.3, 0.4) is 0 Å². The van der Waals surface area contributed by atoms with Gasteiger partial charge in [0, 0.05) is 26.7 Å². The molecule has 1 aliphatic rings. The Morgan fingerprint density at radius 3 is 1.95 bits per heavy atom. The van der Waals surface area contributed by atoms with Gasteiger partial charge in [-0.3, -0.25) is 5.09 Å². The number of nitrogens with zero attached hydrogens (tertiary/aromatic N) is 3. The summed E-state index contributed by atoms with van der Waals surface area (Å²) in [5, 5.41) is 3.88. The molecule has 0 amide bonds. The normalized spacial score (nSPS) is 21.9. The van der Waals surface area contributed by atoms with Crippen LogP contribution in [0.4, 0.5) is 0 Å². The van der Waals surface area contributed by atoms with E-state index in [4.69, 9.17) is 4.52 Å². The maximum Gasteiger partial charge on any atom is 0.168 e.